The SMILES string of the molecule is CC(=O)c1c(C)nn(CC(O)COc2ccc3ccccc3c2)c1C. The number of hydrogen-bond acceptors (Lipinski definition) is 4. The molecule has 0 spiro atoms. The highest BCUT2D eigenvalue weighted by molar-refractivity contribution is 5.96. The van der Waals surface area contributed by atoms with Gasteiger partial charge in [0.15, 0.2) is 5.78 Å². The van der Waals surface area contributed by atoms with Crippen molar-refractivity contribution in [1.29, 1.82) is 0 Å². The van der Waals surface area contributed by atoms with Crippen molar-refractivity contribution >= 4 is 16.6 Å². The molecule has 5 nitrogen and oxygen atoms in total. The minimum atomic E-state index is -0.718. The Morgan fingerprint density at radius 1 is 1.20 bits per heavy atom. The topological polar surface area (TPSA) is 64.4 Å². The number of hydrogen-bond donors (Lipinski definition) is 1. The first kappa shape index (κ1) is 17.2. The van der Waals surface area contributed by atoms with E-state index in [4.69, 9.17) is 4.74 Å². The van der Waals surface area contributed by atoms with Gasteiger partial charge in [0.25, 0.3) is 0 Å². The minimum absolute atomic E-state index is 0.0110. The lowest BCUT2D eigenvalue weighted by molar-refractivity contribution is 0.0886. The van der Waals surface area contributed by atoms with Gasteiger partial charge in [-0.25, -0.2) is 0 Å². The molecule has 3 rings (SSSR count). The third-order valence-corrected chi connectivity index (χ3v) is 4.28. The standard InChI is InChI=1S/C20H22N2O3/c1-13-20(15(3)23)14(2)22(21-13)11-18(24)12-25-19-9-8-16-6-4-5-7-17(16)10-19/h4-10,18,24H,11-12H2,1-3H3. The highest BCUT2D eigenvalue weighted by Gasteiger charge is 2.17. The molecule has 0 bridgehead atoms. The second-order valence-electron chi connectivity index (χ2n) is 6.26. The average Bonchev–Trinajstić information content (AvgIpc) is 2.86. The fraction of sp³-hybridized carbons (Fsp3) is 0.300. The maximum absolute atomic E-state index is 11.7. The molecule has 0 saturated carbocycles. The molecule has 5 heteroatoms. The summed E-state index contributed by atoms with van der Waals surface area (Å²) in [5.41, 5.74) is 2.09. The molecule has 0 saturated heterocycles. The van der Waals surface area contributed by atoms with Crippen LogP contribution >= 0.6 is 0 Å². The van der Waals surface area contributed by atoms with E-state index in [9.17, 15) is 9.90 Å². The summed E-state index contributed by atoms with van der Waals surface area (Å²) in [6.45, 7) is 5.62. The van der Waals surface area contributed by atoms with E-state index in [-0.39, 0.29) is 18.9 Å². The quantitative estimate of drug-likeness (QED) is 0.701. The number of aliphatic hydroxyl groups excluding tert-OH is 1. The summed E-state index contributed by atoms with van der Waals surface area (Å²) in [6, 6.07) is 13.9. The Balaban J connectivity index is 1.65. The van der Waals surface area contributed by atoms with Gasteiger partial charge in [-0.3, -0.25) is 9.48 Å². The number of aryl methyl sites for hydroxylation is 1. The van der Waals surface area contributed by atoms with Gasteiger partial charge in [-0.1, -0.05) is 30.3 Å². The van der Waals surface area contributed by atoms with Crippen molar-refractivity contribution in [2.45, 2.75) is 33.4 Å². The number of carbonyl (C=O) groups is 1. The molecule has 130 valence electrons. The van der Waals surface area contributed by atoms with Crippen LogP contribution in [0, 0.1) is 13.8 Å². The second kappa shape index (κ2) is 7.07. The van der Waals surface area contributed by atoms with Crippen LogP contribution in [0.5, 0.6) is 5.75 Å². The molecule has 25 heavy (non-hydrogen) atoms. The summed E-state index contributed by atoms with van der Waals surface area (Å²) >= 11 is 0. The summed E-state index contributed by atoms with van der Waals surface area (Å²) in [5, 5.41) is 16.9. The van der Waals surface area contributed by atoms with E-state index in [1.807, 2.05) is 49.4 Å². The molecule has 3 aromatic rings. The molecular weight excluding hydrogens is 316 g/mol. The number of aliphatic hydroxyl groups is 1. The second-order valence-corrected chi connectivity index (χ2v) is 6.26. The normalized spacial score (nSPS) is 12.3. The zero-order valence-electron chi connectivity index (χ0n) is 14.7. The van der Waals surface area contributed by atoms with E-state index in [0.717, 1.165) is 22.2 Å². The Kier molecular flexibility index (Phi) is 4.86. The fourth-order valence-corrected chi connectivity index (χ4v) is 3.09. The lowest BCUT2D eigenvalue weighted by Gasteiger charge is -2.14. The van der Waals surface area contributed by atoms with E-state index in [0.29, 0.717) is 11.3 Å². The van der Waals surface area contributed by atoms with Crippen molar-refractivity contribution in [2.24, 2.45) is 0 Å². The molecule has 0 radical (unpaired) electrons. The van der Waals surface area contributed by atoms with Crippen LogP contribution in [0.25, 0.3) is 10.8 Å². The Hall–Kier alpha value is -2.66. The molecule has 0 fully saturated rings. The van der Waals surface area contributed by atoms with Gasteiger partial charge in [-0.2, -0.15) is 5.10 Å². The average molecular weight is 338 g/mol. The predicted molar refractivity (Wildman–Crippen MR) is 97.2 cm³/mol. The van der Waals surface area contributed by atoms with E-state index in [1.165, 1.54) is 6.92 Å². The molecule has 1 heterocycles. The zero-order valence-corrected chi connectivity index (χ0v) is 14.7. The maximum atomic E-state index is 11.7. The molecule has 2 aromatic carbocycles. The van der Waals surface area contributed by atoms with Crippen LogP contribution in [0.3, 0.4) is 0 Å². The Bertz CT molecular complexity index is 914. The third kappa shape index (κ3) is 3.72. The molecule has 0 aliphatic heterocycles. The molecule has 1 atom stereocenters. The van der Waals surface area contributed by atoms with Gasteiger partial charge >= 0.3 is 0 Å². The van der Waals surface area contributed by atoms with Crippen LogP contribution in [-0.2, 0) is 6.54 Å². The number of fused-ring (bicyclic) bond motifs is 1. The summed E-state index contributed by atoms with van der Waals surface area (Å²) in [5.74, 6) is 0.707. The third-order valence-electron chi connectivity index (χ3n) is 4.28. The molecular formula is C20H22N2O3. The fourth-order valence-electron chi connectivity index (χ4n) is 3.09. The number of rotatable bonds is 6. The molecule has 0 amide bonds. The van der Waals surface area contributed by atoms with Crippen LogP contribution in [-0.4, -0.2) is 33.4 Å². The Labute approximate surface area is 146 Å². The summed E-state index contributed by atoms with van der Waals surface area (Å²) in [6.07, 6.45) is -0.718. The van der Waals surface area contributed by atoms with E-state index >= 15 is 0 Å². The zero-order chi connectivity index (χ0) is 18.0. The van der Waals surface area contributed by atoms with E-state index in [1.54, 1.807) is 11.6 Å². The number of ether oxygens (including phenoxy) is 1. The summed E-state index contributed by atoms with van der Waals surface area (Å²) < 4.78 is 7.38. The first-order valence-corrected chi connectivity index (χ1v) is 8.30. The summed E-state index contributed by atoms with van der Waals surface area (Å²) in [4.78, 5) is 11.7. The molecule has 1 unspecified atom stereocenters. The number of benzene rings is 2. The molecule has 1 aromatic heterocycles. The summed E-state index contributed by atoms with van der Waals surface area (Å²) in [7, 11) is 0. The molecule has 0 aliphatic carbocycles. The van der Waals surface area contributed by atoms with Gasteiger partial charge in [0.2, 0.25) is 0 Å². The predicted octanol–water partition coefficient (Wildman–Crippen LogP) is 3.30. The van der Waals surface area contributed by atoms with Crippen molar-refractivity contribution < 1.29 is 14.6 Å². The van der Waals surface area contributed by atoms with Gasteiger partial charge in [0.1, 0.15) is 18.5 Å². The van der Waals surface area contributed by atoms with Crippen molar-refractivity contribution in [3.63, 3.8) is 0 Å². The van der Waals surface area contributed by atoms with Gasteiger partial charge in [0.05, 0.1) is 17.8 Å². The van der Waals surface area contributed by atoms with Crippen LogP contribution in [0.1, 0.15) is 28.7 Å². The van der Waals surface area contributed by atoms with Crippen molar-refractivity contribution in [3.8, 4) is 5.75 Å². The highest BCUT2D eigenvalue weighted by atomic mass is 16.5. The number of ketones is 1. The van der Waals surface area contributed by atoms with Crippen LogP contribution in [0.2, 0.25) is 0 Å². The molecule has 1 N–H and O–H groups in total. The van der Waals surface area contributed by atoms with Crippen LogP contribution in [0.4, 0.5) is 0 Å². The van der Waals surface area contributed by atoms with Crippen molar-refractivity contribution in [3.05, 3.63) is 59.4 Å². The Morgan fingerprint density at radius 3 is 2.60 bits per heavy atom. The van der Waals surface area contributed by atoms with Gasteiger partial charge in [0, 0.05) is 5.69 Å². The number of nitrogens with zero attached hydrogens (tertiary/aromatic N) is 2. The number of aromatic nitrogens is 2. The number of carbonyl (C=O) groups excluding carboxylic acids is 1. The Morgan fingerprint density at radius 2 is 1.92 bits per heavy atom. The first-order valence-electron chi connectivity index (χ1n) is 8.30. The van der Waals surface area contributed by atoms with Crippen molar-refractivity contribution in [2.75, 3.05) is 6.61 Å². The first-order chi connectivity index (χ1) is 12.0. The van der Waals surface area contributed by atoms with Crippen molar-refractivity contribution in [1.82, 2.24) is 9.78 Å². The van der Waals surface area contributed by atoms with Gasteiger partial charge in [-0.05, 0) is 43.7 Å². The lowest BCUT2D eigenvalue weighted by atomic mass is 10.1. The highest BCUT2D eigenvalue weighted by Crippen LogP contribution is 2.21. The number of Topliss-reactive ketones (excluding diaryl/α,β-unsaturated/α-hetero) is 1. The van der Waals surface area contributed by atoms with Gasteiger partial charge in [-0.15, -0.1) is 0 Å². The van der Waals surface area contributed by atoms with E-state index < -0.39 is 6.10 Å². The smallest absolute Gasteiger partial charge is 0.163 e. The van der Waals surface area contributed by atoms with Gasteiger partial charge < -0.3 is 9.84 Å². The largest absolute Gasteiger partial charge is 0.491 e. The monoisotopic (exact) mass is 338 g/mol. The lowest BCUT2D eigenvalue weighted by Crippen LogP contribution is -2.25. The molecule has 0 aliphatic rings. The minimum Gasteiger partial charge on any atom is -0.491 e. The van der Waals surface area contributed by atoms with Crippen LogP contribution in [0.15, 0.2) is 42.5 Å². The maximum Gasteiger partial charge on any atom is 0.163 e. The van der Waals surface area contributed by atoms with Crippen LogP contribution < -0.4 is 4.74 Å². The van der Waals surface area contributed by atoms with E-state index in [2.05, 4.69) is 5.10 Å².